The summed E-state index contributed by atoms with van der Waals surface area (Å²) in [5.41, 5.74) is 5.58. The highest BCUT2D eigenvalue weighted by molar-refractivity contribution is 7.15. The van der Waals surface area contributed by atoms with Gasteiger partial charge in [-0.25, -0.2) is 4.98 Å². The first-order valence-electron chi connectivity index (χ1n) is 5.07. The van der Waals surface area contributed by atoms with Crippen molar-refractivity contribution < 1.29 is 0 Å². The Morgan fingerprint density at radius 1 is 1.50 bits per heavy atom. The van der Waals surface area contributed by atoms with Crippen LogP contribution in [0.1, 0.15) is 31.6 Å². The van der Waals surface area contributed by atoms with Gasteiger partial charge in [0.15, 0.2) is 5.13 Å². The van der Waals surface area contributed by atoms with E-state index in [9.17, 15) is 0 Å². The fourth-order valence-corrected chi connectivity index (χ4v) is 2.43. The van der Waals surface area contributed by atoms with Crippen LogP contribution < -0.4 is 5.73 Å². The maximum Gasteiger partial charge on any atom is 0.180 e. The maximum atomic E-state index is 5.58. The van der Waals surface area contributed by atoms with Gasteiger partial charge in [0, 0.05) is 23.7 Å². The van der Waals surface area contributed by atoms with Crippen molar-refractivity contribution in [2.45, 2.75) is 39.3 Å². The highest BCUT2D eigenvalue weighted by Gasteiger charge is 2.11. The second-order valence-corrected chi connectivity index (χ2v) is 4.70. The van der Waals surface area contributed by atoms with Crippen molar-refractivity contribution in [2.24, 2.45) is 0 Å². The first-order chi connectivity index (χ1) is 6.67. The summed E-state index contributed by atoms with van der Waals surface area (Å²) in [4.78, 5) is 7.67. The number of nitrogens with two attached hydrogens (primary N) is 1. The first-order valence-corrected chi connectivity index (χ1v) is 5.89. The van der Waals surface area contributed by atoms with Gasteiger partial charge in [-0.05, 0) is 19.9 Å². The zero-order chi connectivity index (χ0) is 10.6. The van der Waals surface area contributed by atoms with Crippen molar-refractivity contribution >= 4 is 16.5 Å². The van der Waals surface area contributed by atoms with Crippen molar-refractivity contribution in [2.75, 3.05) is 12.8 Å². The summed E-state index contributed by atoms with van der Waals surface area (Å²) in [5.74, 6) is 0. The molecule has 0 bridgehead atoms. The van der Waals surface area contributed by atoms with E-state index in [4.69, 9.17) is 5.73 Å². The van der Waals surface area contributed by atoms with Crippen LogP contribution in [0.2, 0.25) is 0 Å². The second-order valence-electron chi connectivity index (χ2n) is 3.55. The van der Waals surface area contributed by atoms with Gasteiger partial charge in [0.1, 0.15) is 0 Å². The molecule has 14 heavy (non-hydrogen) atoms. The molecule has 0 fully saturated rings. The van der Waals surface area contributed by atoms with Gasteiger partial charge in [-0.3, -0.25) is 4.90 Å². The number of nitrogens with zero attached hydrogens (tertiary/aromatic N) is 2. The lowest BCUT2D eigenvalue weighted by Crippen LogP contribution is -2.29. The Labute approximate surface area is 89.9 Å². The zero-order valence-electron chi connectivity index (χ0n) is 9.16. The fraction of sp³-hybridized carbons (Fsp3) is 0.700. The van der Waals surface area contributed by atoms with E-state index in [-0.39, 0.29) is 0 Å². The molecule has 80 valence electrons. The van der Waals surface area contributed by atoms with Crippen molar-refractivity contribution in [3.8, 4) is 0 Å². The molecule has 0 saturated heterocycles. The summed E-state index contributed by atoms with van der Waals surface area (Å²) in [6.07, 6.45) is 4.27. The lowest BCUT2D eigenvalue weighted by molar-refractivity contribution is 0.223. The van der Waals surface area contributed by atoms with Crippen LogP contribution in [0.5, 0.6) is 0 Å². The molecule has 1 aromatic rings. The molecule has 0 atom stereocenters. The summed E-state index contributed by atoms with van der Waals surface area (Å²) in [7, 11) is 2.16. The van der Waals surface area contributed by atoms with Crippen molar-refractivity contribution in [3.05, 3.63) is 11.1 Å². The van der Waals surface area contributed by atoms with Crippen LogP contribution in [-0.2, 0) is 6.54 Å². The second kappa shape index (κ2) is 5.32. The molecular formula is C10H19N3S. The molecule has 0 spiro atoms. The van der Waals surface area contributed by atoms with E-state index in [1.165, 1.54) is 17.7 Å². The zero-order valence-corrected chi connectivity index (χ0v) is 9.97. The van der Waals surface area contributed by atoms with E-state index in [2.05, 4.69) is 30.8 Å². The largest absolute Gasteiger partial charge is 0.375 e. The summed E-state index contributed by atoms with van der Waals surface area (Å²) in [5, 5.41) is 0.665. The molecule has 2 N–H and O–H groups in total. The highest BCUT2D eigenvalue weighted by Crippen LogP contribution is 2.18. The normalized spacial score (nSPS) is 11.5. The minimum atomic E-state index is 0.665. The van der Waals surface area contributed by atoms with Gasteiger partial charge >= 0.3 is 0 Å². The van der Waals surface area contributed by atoms with Gasteiger partial charge in [-0.1, -0.05) is 13.8 Å². The molecule has 1 aromatic heterocycles. The molecule has 3 nitrogen and oxygen atoms in total. The third-order valence-corrected chi connectivity index (χ3v) is 3.35. The van der Waals surface area contributed by atoms with Crippen molar-refractivity contribution in [1.82, 2.24) is 9.88 Å². The maximum absolute atomic E-state index is 5.58. The predicted molar refractivity (Wildman–Crippen MR) is 62.4 cm³/mol. The van der Waals surface area contributed by atoms with Crippen LogP contribution in [0.25, 0.3) is 0 Å². The SMILES string of the molecule is CCC(CC)N(C)Cc1cnc(N)s1. The Bertz CT molecular complexity index is 268. The van der Waals surface area contributed by atoms with Crippen LogP contribution >= 0.6 is 11.3 Å². The molecule has 0 aliphatic carbocycles. The Kier molecular flexibility index (Phi) is 4.35. The Morgan fingerprint density at radius 3 is 2.57 bits per heavy atom. The molecule has 0 amide bonds. The molecule has 0 saturated carbocycles. The summed E-state index contributed by atoms with van der Waals surface area (Å²) in [6.45, 7) is 5.42. The molecule has 0 unspecified atom stereocenters. The molecule has 0 aromatic carbocycles. The monoisotopic (exact) mass is 213 g/mol. The molecule has 1 rings (SSSR count). The quantitative estimate of drug-likeness (QED) is 0.816. The topological polar surface area (TPSA) is 42.2 Å². The summed E-state index contributed by atoms with van der Waals surface area (Å²) in [6, 6.07) is 0.665. The van der Waals surface area contributed by atoms with E-state index in [1.54, 1.807) is 11.3 Å². The van der Waals surface area contributed by atoms with E-state index in [0.29, 0.717) is 11.2 Å². The Morgan fingerprint density at radius 2 is 2.14 bits per heavy atom. The number of aromatic nitrogens is 1. The number of nitrogen functional groups attached to an aromatic ring is 1. The third-order valence-electron chi connectivity index (χ3n) is 2.54. The molecule has 0 aliphatic heterocycles. The third kappa shape index (κ3) is 2.96. The molecular weight excluding hydrogens is 194 g/mol. The number of rotatable bonds is 5. The molecule has 0 aliphatic rings. The average molecular weight is 213 g/mol. The van der Waals surface area contributed by atoms with Gasteiger partial charge in [0.05, 0.1) is 0 Å². The van der Waals surface area contributed by atoms with E-state index >= 15 is 0 Å². The standard InChI is InChI=1S/C10H19N3S/c1-4-8(5-2)13(3)7-9-6-12-10(11)14-9/h6,8H,4-5,7H2,1-3H3,(H2,11,12). The van der Waals surface area contributed by atoms with Crippen molar-refractivity contribution in [1.29, 1.82) is 0 Å². The summed E-state index contributed by atoms with van der Waals surface area (Å²) >= 11 is 1.58. The summed E-state index contributed by atoms with van der Waals surface area (Å²) < 4.78 is 0. The lowest BCUT2D eigenvalue weighted by atomic mass is 10.1. The predicted octanol–water partition coefficient (Wildman–Crippen LogP) is 2.35. The van der Waals surface area contributed by atoms with Gasteiger partial charge < -0.3 is 5.73 Å². The van der Waals surface area contributed by atoms with Crippen LogP contribution in [-0.4, -0.2) is 23.0 Å². The smallest absolute Gasteiger partial charge is 0.180 e. The molecule has 4 heteroatoms. The van der Waals surface area contributed by atoms with Crippen LogP contribution in [0.15, 0.2) is 6.20 Å². The Hall–Kier alpha value is -0.610. The number of anilines is 1. The number of thiazole rings is 1. The lowest BCUT2D eigenvalue weighted by Gasteiger charge is -2.25. The van der Waals surface area contributed by atoms with Crippen LogP contribution in [0.3, 0.4) is 0 Å². The van der Waals surface area contributed by atoms with E-state index in [1.807, 2.05) is 6.20 Å². The van der Waals surface area contributed by atoms with Gasteiger partial charge in [0.25, 0.3) is 0 Å². The molecule has 0 radical (unpaired) electrons. The van der Waals surface area contributed by atoms with Crippen LogP contribution in [0, 0.1) is 0 Å². The van der Waals surface area contributed by atoms with E-state index < -0.39 is 0 Å². The first kappa shape index (κ1) is 11.5. The average Bonchev–Trinajstić information content (AvgIpc) is 2.53. The van der Waals surface area contributed by atoms with Gasteiger partial charge in [-0.15, -0.1) is 11.3 Å². The Balaban J connectivity index is 2.51. The van der Waals surface area contributed by atoms with Gasteiger partial charge in [-0.2, -0.15) is 0 Å². The molecule has 1 heterocycles. The minimum absolute atomic E-state index is 0.665. The number of hydrogen-bond donors (Lipinski definition) is 1. The number of hydrogen-bond acceptors (Lipinski definition) is 4. The highest BCUT2D eigenvalue weighted by atomic mass is 32.1. The van der Waals surface area contributed by atoms with Gasteiger partial charge in [0.2, 0.25) is 0 Å². The van der Waals surface area contributed by atoms with E-state index in [0.717, 1.165) is 6.54 Å². The van der Waals surface area contributed by atoms with Crippen molar-refractivity contribution in [3.63, 3.8) is 0 Å². The van der Waals surface area contributed by atoms with Crippen LogP contribution in [0.4, 0.5) is 5.13 Å². The fourth-order valence-electron chi connectivity index (χ4n) is 1.68. The minimum Gasteiger partial charge on any atom is -0.375 e.